The molecule has 5 nitrogen and oxygen atoms in total. The van der Waals surface area contributed by atoms with Gasteiger partial charge in [-0.15, -0.1) is 6.42 Å². The first-order chi connectivity index (χ1) is 14.2. The fourth-order valence-electron chi connectivity index (χ4n) is 2.66. The zero-order valence-corrected chi connectivity index (χ0v) is 18.9. The van der Waals surface area contributed by atoms with Gasteiger partial charge in [0.15, 0.2) is 0 Å². The summed E-state index contributed by atoms with van der Waals surface area (Å²) in [5.74, 6) is 1.67. The van der Waals surface area contributed by atoms with E-state index in [-0.39, 0.29) is 23.6 Å². The minimum Gasteiger partial charge on any atom is -0.380 e. The lowest BCUT2D eigenvalue weighted by molar-refractivity contribution is -0.116. The molecule has 7 heteroatoms. The summed E-state index contributed by atoms with van der Waals surface area (Å²) < 4.78 is 15.0. The number of nitrogens with one attached hydrogen (secondary N) is 2. The van der Waals surface area contributed by atoms with Crippen LogP contribution < -0.4 is 16.4 Å². The fraction of sp³-hybridized carbons (Fsp3) is 0.304. The van der Waals surface area contributed by atoms with Crippen molar-refractivity contribution < 1.29 is 9.18 Å². The third-order valence-corrected chi connectivity index (χ3v) is 4.91. The molecule has 0 fully saturated rings. The Bertz CT molecular complexity index is 990. The minimum atomic E-state index is -0.479. The van der Waals surface area contributed by atoms with Crippen LogP contribution in [0.4, 0.5) is 10.1 Å². The summed E-state index contributed by atoms with van der Waals surface area (Å²) in [5.41, 5.74) is 8.31. The Morgan fingerprint density at radius 1 is 1.37 bits per heavy atom. The Kier molecular flexibility index (Phi) is 8.16. The lowest BCUT2D eigenvalue weighted by atomic mass is 9.91. The van der Waals surface area contributed by atoms with Crippen molar-refractivity contribution in [3.05, 3.63) is 63.1 Å². The molecule has 0 bridgehead atoms. The van der Waals surface area contributed by atoms with E-state index in [9.17, 15) is 9.18 Å². The monoisotopic (exact) mass is 472 g/mol. The Morgan fingerprint density at radius 3 is 2.70 bits per heavy atom. The lowest BCUT2D eigenvalue weighted by Gasteiger charge is -2.18. The van der Waals surface area contributed by atoms with E-state index in [1.807, 2.05) is 12.1 Å². The maximum absolute atomic E-state index is 14.3. The number of rotatable bonds is 7. The van der Waals surface area contributed by atoms with Crippen LogP contribution in [0.3, 0.4) is 0 Å². The molecule has 1 aromatic carbocycles. The van der Waals surface area contributed by atoms with Crippen LogP contribution in [0, 0.1) is 18.2 Å². The maximum Gasteiger partial charge on any atom is 0.244 e. The summed E-state index contributed by atoms with van der Waals surface area (Å²) in [5, 5.41) is 5.61. The minimum absolute atomic E-state index is 0.0654. The first-order valence-corrected chi connectivity index (χ1v) is 10.3. The normalized spacial score (nSPS) is 11.4. The van der Waals surface area contributed by atoms with Gasteiger partial charge in [-0.3, -0.25) is 4.79 Å². The van der Waals surface area contributed by atoms with Crippen LogP contribution in [-0.4, -0.2) is 24.0 Å². The molecule has 0 unspecified atom stereocenters. The highest BCUT2D eigenvalue weighted by Gasteiger charge is 2.16. The van der Waals surface area contributed by atoms with Crippen LogP contribution >= 0.6 is 15.9 Å². The number of benzene rings is 1. The number of nitrogens with zero attached hydrogens (tertiary/aromatic N) is 1. The van der Waals surface area contributed by atoms with E-state index >= 15 is 0 Å². The topological polar surface area (TPSA) is 80.0 Å². The van der Waals surface area contributed by atoms with Gasteiger partial charge >= 0.3 is 0 Å². The molecule has 0 radical (unpaired) electrons. The van der Waals surface area contributed by atoms with E-state index in [0.29, 0.717) is 28.8 Å². The number of nitrogens with two attached hydrogens (primary N) is 1. The highest BCUT2D eigenvalue weighted by atomic mass is 79.9. The average molecular weight is 473 g/mol. The van der Waals surface area contributed by atoms with E-state index in [1.54, 1.807) is 12.1 Å². The Hall–Kier alpha value is -2.69. The molecule has 158 valence electrons. The molecule has 0 aliphatic rings. The predicted molar refractivity (Wildman–Crippen MR) is 123 cm³/mol. The summed E-state index contributed by atoms with van der Waals surface area (Å²) >= 11 is 3.45. The second-order valence-electron chi connectivity index (χ2n) is 7.74. The number of carbonyl (C=O) groups excluding carboxylic acids is 1. The number of aromatic nitrogens is 1. The van der Waals surface area contributed by atoms with E-state index in [0.717, 1.165) is 11.3 Å². The molecule has 1 aromatic heterocycles. The van der Waals surface area contributed by atoms with Gasteiger partial charge in [0.2, 0.25) is 5.91 Å². The van der Waals surface area contributed by atoms with Gasteiger partial charge in [0, 0.05) is 42.4 Å². The smallest absolute Gasteiger partial charge is 0.244 e. The van der Waals surface area contributed by atoms with E-state index in [2.05, 4.69) is 58.2 Å². The number of carbonyl (C=O) groups is 1. The van der Waals surface area contributed by atoms with E-state index in [1.165, 1.54) is 12.1 Å². The molecule has 4 N–H and O–H groups in total. The number of amides is 1. The SMILES string of the molecule is C#Cc1cc(CNC(=O)/C=C/c2ccc(C(C)(C)C)nc2Br)cc(F)c1NCCN. The van der Waals surface area contributed by atoms with Crippen LogP contribution in [0.2, 0.25) is 0 Å². The number of hydrogen-bond acceptors (Lipinski definition) is 4. The molecule has 0 aliphatic carbocycles. The second kappa shape index (κ2) is 10.4. The Balaban J connectivity index is 2.04. The number of terminal acetylenes is 1. The van der Waals surface area contributed by atoms with Crippen LogP contribution in [-0.2, 0) is 16.8 Å². The standard InChI is InChI=1S/C23H26BrFN4O/c1-5-16-12-15(13-18(25)21(16)27-11-10-26)14-28-20(30)9-7-17-6-8-19(23(2,3)4)29-22(17)24/h1,6-9,12-13,27H,10-11,14,26H2,2-4H3,(H,28,30)/b9-7+. The van der Waals surface area contributed by atoms with Crippen molar-refractivity contribution in [2.75, 3.05) is 18.4 Å². The molecule has 0 atom stereocenters. The van der Waals surface area contributed by atoms with Gasteiger partial charge in [-0.1, -0.05) is 32.8 Å². The first-order valence-electron chi connectivity index (χ1n) is 9.51. The highest BCUT2D eigenvalue weighted by molar-refractivity contribution is 9.10. The fourth-order valence-corrected chi connectivity index (χ4v) is 3.11. The summed E-state index contributed by atoms with van der Waals surface area (Å²) in [6, 6.07) is 6.85. The van der Waals surface area contributed by atoms with E-state index < -0.39 is 5.82 Å². The van der Waals surface area contributed by atoms with Crippen LogP contribution in [0.5, 0.6) is 0 Å². The molecule has 0 saturated carbocycles. The molecule has 1 heterocycles. The number of pyridine rings is 1. The van der Waals surface area contributed by atoms with Gasteiger partial charge < -0.3 is 16.4 Å². The van der Waals surface area contributed by atoms with Crippen molar-refractivity contribution >= 4 is 33.6 Å². The summed E-state index contributed by atoms with van der Waals surface area (Å²) in [6.07, 6.45) is 8.57. The van der Waals surface area contributed by atoms with Gasteiger partial charge in [0.05, 0.1) is 11.3 Å². The molecule has 2 aromatic rings. The molecular weight excluding hydrogens is 447 g/mol. The van der Waals surface area contributed by atoms with Crippen LogP contribution in [0.15, 0.2) is 34.9 Å². The highest BCUT2D eigenvalue weighted by Crippen LogP contribution is 2.25. The molecular formula is C23H26BrFN4O. The third-order valence-electron chi connectivity index (χ3n) is 4.28. The molecule has 2 rings (SSSR count). The van der Waals surface area contributed by atoms with Crippen LogP contribution in [0.25, 0.3) is 6.08 Å². The van der Waals surface area contributed by atoms with Gasteiger partial charge in [-0.2, -0.15) is 0 Å². The van der Waals surface area contributed by atoms with Crippen molar-refractivity contribution in [2.45, 2.75) is 32.7 Å². The summed E-state index contributed by atoms with van der Waals surface area (Å²) in [7, 11) is 0. The second-order valence-corrected chi connectivity index (χ2v) is 8.49. The molecule has 30 heavy (non-hydrogen) atoms. The van der Waals surface area contributed by atoms with Gasteiger partial charge in [0.1, 0.15) is 10.4 Å². The summed E-state index contributed by atoms with van der Waals surface area (Å²) in [6.45, 7) is 7.17. The van der Waals surface area contributed by atoms with Crippen LogP contribution in [0.1, 0.15) is 43.2 Å². The van der Waals surface area contributed by atoms with Gasteiger partial charge in [-0.05, 0) is 45.8 Å². The Labute approximate surface area is 185 Å². The Morgan fingerprint density at radius 2 is 2.10 bits per heavy atom. The van der Waals surface area contributed by atoms with Crippen molar-refractivity contribution in [3.63, 3.8) is 0 Å². The quantitative estimate of drug-likeness (QED) is 0.323. The molecule has 0 spiro atoms. The lowest BCUT2D eigenvalue weighted by Crippen LogP contribution is -2.21. The summed E-state index contributed by atoms with van der Waals surface area (Å²) in [4.78, 5) is 16.7. The zero-order chi connectivity index (χ0) is 22.3. The van der Waals surface area contributed by atoms with Crippen molar-refractivity contribution in [1.82, 2.24) is 10.3 Å². The molecule has 1 amide bonds. The van der Waals surface area contributed by atoms with Gasteiger partial charge in [0.25, 0.3) is 0 Å². The largest absolute Gasteiger partial charge is 0.380 e. The molecule has 0 saturated heterocycles. The van der Waals surface area contributed by atoms with Crippen molar-refractivity contribution in [3.8, 4) is 12.3 Å². The predicted octanol–water partition coefficient (Wildman–Crippen LogP) is 3.96. The number of halogens is 2. The first kappa shape index (κ1) is 23.6. The zero-order valence-electron chi connectivity index (χ0n) is 17.4. The third kappa shape index (κ3) is 6.41. The van der Waals surface area contributed by atoms with Gasteiger partial charge in [-0.25, -0.2) is 9.37 Å². The van der Waals surface area contributed by atoms with Crippen molar-refractivity contribution in [2.24, 2.45) is 5.73 Å². The number of hydrogen-bond donors (Lipinski definition) is 3. The number of anilines is 1. The molecule has 0 aliphatic heterocycles. The average Bonchev–Trinajstić information content (AvgIpc) is 2.69. The maximum atomic E-state index is 14.3. The van der Waals surface area contributed by atoms with E-state index in [4.69, 9.17) is 12.2 Å². The van der Waals surface area contributed by atoms with Crippen molar-refractivity contribution in [1.29, 1.82) is 0 Å².